The summed E-state index contributed by atoms with van der Waals surface area (Å²) in [6, 6.07) is 2.42. The van der Waals surface area contributed by atoms with E-state index < -0.39 is 11.8 Å². The minimum Gasteiger partial charge on any atom is -0.496 e. The average molecular weight is 212 g/mol. The molecule has 0 unspecified atom stereocenters. The fraction of sp³-hybridized carbons (Fsp3) is 0.364. The van der Waals surface area contributed by atoms with Gasteiger partial charge in [-0.2, -0.15) is 0 Å². The number of hydrogen-bond donors (Lipinski definition) is 0. The molecule has 15 heavy (non-hydrogen) atoms. The summed E-state index contributed by atoms with van der Waals surface area (Å²) < 4.78 is 22.9. The van der Waals surface area contributed by atoms with Crippen LogP contribution in [0.25, 0.3) is 0 Å². The average Bonchev–Trinajstić information content (AvgIpc) is 2.17. The van der Waals surface area contributed by atoms with Crippen LogP contribution in [-0.2, 0) is 4.74 Å². The van der Waals surface area contributed by atoms with E-state index in [1.54, 1.807) is 13.8 Å². The molecule has 4 heteroatoms. The predicted molar refractivity (Wildman–Crippen MR) is 53.6 cm³/mol. The van der Waals surface area contributed by atoms with Crippen LogP contribution in [0.3, 0.4) is 0 Å². The number of ether oxygens (including phenoxy) is 2. The van der Waals surface area contributed by atoms with Crippen molar-refractivity contribution in [1.82, 2.24) is 0 Å². The van der Waals surface area contributed by atoms with Gasteiger partial charge in [-0.15, -0.1) is 0 Å². The third-order valence-electron chi connectivity index (χ3n) is 1.94. The van der Waals surface area contributed by atoms with Gasteiger partial charge in [0.05, 0.1) is 13.7 Å². The molecule has 1 aromatic rings. The maximum absolute atomic E-state index is 13.1. The second-order valence-electron chi connectivity index (χ2n) is 3.02. The predicted octanol–water partition coefficient (Wildman–Crippen LogP) is 2.32. The molecule has 0 bridgehead atoms. The third-order valence-corrected chi connectivity index (χ3v) is 1.94. The SMILES string of the molecule is CCOC(=O)c1cc(F)cc(C)c1OC. The van der Waals surface area contributed by atoms with Gasteiger partial charge in [-0.05, 0) is 31.5 Å². The number of methoxy groups -OCH3 is 1. The summed E-state index contributed by atoms with van der Waals surface area (Å²) in [5.74, 6) is -0.692. The Hall–Kier alpha value is -1.58. The van der Waals surface area contributed by atoms with Gasteiger partial charge in [0.25, 0.3) is 0 Å². The molecule has 1 rings (SSSR count). The molecule has 0 radical (unpaired) electrons. The summed E-state index contributed by atoms with van der Waals surface area (Å²) in [7, 11) is 1.43. The van der Waals surface area contributed by atoms with Crippen LogP contribution < -0.4 is 4.74 Å². The summed E-state index contributed by atoms with van der Waals surface area (Å²) in [6.07, 6.45) is 0. The largest absolute Gasteiger partial charge is 0.496 e. The van der Waals surface area contributed by atoms with E-state index in [0.717, 1.165) is 6.07 Å². The summed E-state index contributed by atoms with van der Waals surface area (Å²) in [4.78, 5) is 11.5. The Morgan fingerprint density at radius 2 is 2.13 bits per heavy atom. The van der Waals surface area contributed by atoms with Crippen molar-refractivity contribution in [2.24, 2.45) is 0 Å². The molecule has 0 spiro atoms. The first kappa shape index (κ1) is 11.5. The molecule has 0 fully saturated rings. The molecule has 0 N–H and O–H groups in total. The number of rotatable bonds is 3. The third kappa shape index (κ3) is 2.46. The van der Waals surface area contributed by atoms with E-state index >= 15 is 0 Å². The van der Waals surface area contributed by atoms with E-state index in [4.69, 9.17) is 9.47 Å². The first-order chi connectivity index (χ1) is 7.10. The number of carbonyl (C=O) groups is 1. The number of hydrogen-bond acceptors (Lipinski definition) is 3. The van der Waals surface area contributed by atoms with Crippen LogP contribution in [0, 0.1) is 12.7 Å². The topological polar surface area (TPSA) is 35.5 Å². The summed E-state index contributed by atoms with van der Waals surface area (Å²) in [5.41, 5.74) is 0.692. The minimum absolute atomic E-state index is 0.122. The van der Waals surface area contributed by atoms with E-state index in [1.165, 1.54) is 13.2 Å². The lowest BCUT2D eigenvalue weighted by Gasteiger charge is -2.10. The summed E-state index contributed by atoms with van der Waals surface area (Å²) in [5, 5.41) is 0. The number of carbonyl (C=O) groups excluding carboxylic acids is 1. The molecule has 0 aromatic heterocycles. The molecule has 0 aliphatic carbocycles. The van der Waals surface area contributed by atoms with Crippen LogP contribution >= 0.6 is 0 Å². The highest BCUT2D eigenvalue weighted by Crippen LogP contribution is 2.25. The van der Waals surface area contributed by atoms with Crippen molar-refractivity contribution in [3.8, 4) is 5.75 Å². The number of halogens is 1. The highest BCUT2D eigenvalue weighted by molar-refractivity contribution is 5.93. The van der Waals surface area contributed by atoms with Gasteiger partial charge in [0.2, 0.25) is 0 Å². The van der Waals surface area contributed by atoms with Crippen molar-refractivity contribution in [1.29, 1.82) is 0 Å². The number of aryl methyl sites for hydroxylation is 1. The van der Waals surface area contributed by atoms with Crippen molar-refractivity contribution < 1.29 is 18.7 Å². The van der Waals surface area contributed by atoms with Gasteiger partial charge >= 0.3 is 5.97 Å². The normalized spacial score (nSPS) is 9.87. The second kappa shape index (κ2) is 4.77. The van der Waals surface area contributed by atoms with Crippen LogP contribution in [0.5, 0.6) is 5.75 Å². The van der Waals surface area contributed by atoms with Crippen molar-refractivity contribution in [3.63, 3.8) is 0 Å². The molecule has 0 atom stereocenters. The Kier molecular flexibility index (Phi) is 3.66. The van der Waals surface area contributed by atoms with Crippen molar-refractivity contribution >= 4 is 5.97 Å². The number of benzene rings is 1. The fourth-order valence-corrected chi connectivity index (χ4v) is 1.36. The maximum Gasteiger partial charge on any atom is 0.342 e. The van der Waals surface area contributed by atoms with Gasteiger partial charge in [-0.3, -0.25) is 0 Å². The van der Waals surface area contributed by atoms with Gasteiger partial charge in [-0.1, -0.05) is 0 Å². The molecule has 0 saturated heterocycles. The fourth-order valence-electron chi connectivity index (χ4n) is 1.36. The zero-order valence-electron chi connectivity index (χ0n) is 8.96. The molecular formula is C11H13FO3. The number of esters is 1. The molecule has 0 amide bonds. The summed E-state index contributed by atoms with van der Waals surface area (Å²) >= 11 is 0. The molecule has 0 heterocycles. The molecule has 0 aliphatic rings. The zero-order valence-corrected chi connectivity index (χ0v) is 8.96. The molecule has 82 valence electrons. The van der Waals surface area contributed by atoms with Gasteiger partial charge in [0.15, 0.2) is 0 Å². The van der Waals surface area contributed by atoms with Gasteiger partial charge < -0.3 is 9.47 Å². The van der Waals surface area contributed by atoms with E-state index in [1.807, 2.05) is 0 Å². The van der Waals surface area contributed by atoms with Gasteiger partial charge in [-0.25, -0.2) is 9.18 Å². The van der Waals surface area contributed by atoms with E-state index in [9.17, 15) is 9.18 Å². The molecule has 3 nitrogen and oxygen atoms in total. The monoisotopic (exact) mass is 212 g/mol. The van der Waals surface area contributed by atoms with Gasteiger partial charge in [0, 0.05) is 0 Å². The Bertz CT molecular complexity index is 374. The molecule has 0 saturated carbocycles. The van der Waals surface area contributed by atoms with Crippen molar-refractivity contribution in [2.45, 2.75) is 13.8 Å². The Morgan fingerprint density at radius 1 is 1.47 bits per heavy atom. The molecule has 0 aliphatic heterocycles. The zero-order chi connectivity index (χ0) is 11.4. The van der Waals surface area contributed by atoms with Gasteiger partial charge in [0.1, 0.15) is 17.1 Å². The maximum atomic E-state index is 13.1. The quantitative estimate of drug-likeness (QED) is 0.721. The van der Waals surface area contributed by atoms with Crippen LogP contribution in [0.15, 0.2) is 12.1 Å². The summed E-state index contributed by atoms with van der Waals surface area (Å²) in [6.45, 7) is 3.61. The Morgan fingerprint density at radius 3 is 2.67 bits per heavy atom. The van der Waals surface area contributed by atoms with Crippen molar-refractivity contribution in [2.75, 3.05) is 13.7 Å². The highest BCUT2D eigenvalue weighted by Gasteiger charge is 2.16. The standard InChI is InChI=1S/C11H13FO3/c1-4-15-11(13)9-6-8(12)5-7(2)10(9)14-3/h5-6H,4H2,1-3H3. The lowest BCUT2D eigenvalue weighted by molar-refractivity contribution is 0.0522. The molecular weight excluding hydrogens is 199 g/mol. The Labute approximate surface area is 87.8 Å². The highest BCUT2D eigenvalue weighted by atomic mass is 19.1. The Balaban J connectivity index is 3.20. The van der Waals surface area contributed by atoms with E-state index in [2.05, 4.69) is 0 Å². The second-order valence-corrected chi connectivity index (χ2v) is 3.02. The van der Waals surface area contributed by atoms with Crippen molar-refractivity contribution in [3.05, 3.63) is 29.1 Å². The van der Waals surface area contributed by atoms with Crippen LogP contribution in [0.1, 0.15) is 22.8 Å². The smallest absolute Gasteiger partial charge is 0.342 e. The van der Waals surface area contributed by atoms with Crippen LogP contribution in [-0.4, -0.2) is 19.7 Å². The lowest BCUT2D eigenvalue weighted by atomic mass is 10.1. The van der Waals surface area contributed by atoms with E-state index in [-0.39, 0.29) is 12.2 Å². The first-order valence-corrected chi connectivity index (χ1v) is 4.61. The van der Waals surface area contributed by atoms with Crippen LogP contribution in [0.2, 0.25) is 0 Å². The first-order valence-electron chi connectivity index (χ1n) is 4.61. The molecule has 1 aromatic carbocycles. The lowest BCUT2D eigenvalue weighted by Crippen LogP contribution is -2.08. The minimum atomic E-state index is -0.572. The van der Waals surface area contributed by atoms with E-state index in [0.29, 0.717) is 11.3 Å². The van der Waals surface area contributed by atoms with Crippen LogP contribution in [0.4, 0.5) is 4.39 Å².